The monoisotopic (exact) mass is 406 g/mol. The molecule has 2 rings (SSSR count). The Balaban J connectivity index is 2.26. The second-order valence-electron chi connectivity index (χ2n) is 6.48. The van der Waals surface area contributed by atoms with Crippen LogP contribution < -0.4 is 19.1 Å². The molecule has 8 heteroatoms. The molecule has 28 heavy (non-hydrogen) atoms. The molecule has 0 fully saturated rings. The maximum Gasteiger partial charge on any atom is 0.241 e. The van der Waals surface area contributed by atoms with E-state index in [1.807, 2.05) is 38.1 Å². The lowest BCUT2D eigenvalue weighted by molar-refractivity contribution is -0.120. The Morgan fingerprint density at radius 3 is 2.36 bits per heavy atom. The normalized spacial score (nSPS) is 12.2. The predicted molar refractivity (Wildman–Crippen MR) is 109 cm³/mol. The summed E-state index contributed by atoms with van der Waals surface area (Å²) >= 11 is 0. The SMILES string of the molecule is COc1ccccc1[C@H](C)NC(=O)CN(c1cc(C)ccc1OC)S(C)(=O)=O. The molecule has 0 aliphatic carbocycles. The number of sulfonamides is 1. The first-order chi connectivity index (χ1) is 13.2. The molecule has 0 aliphatic rings. The molecule has 7 nitrogen and oxygen atoms in total. The predicted octanol–water partition coefficient (Wildman–Crippen LogP) is 2.66. The van der Waals surface area contributed by atoms with Gasteiger partial charge in [-0.2, -0.15) is 0 Å². The molecule has 0 saturated carbocycles. The van der Waals surface area contributed by atoms with Crippen LogP contribution >= 0.6 is 0 Å². The molecule has 0 radical (unpaired) electrons. The molecule has 0 bridgehead atoms. The summed E-state index contributed by atoms with van der Waals surface area (Å²) in [7, 11) is -0.693. The minimum absolute atomic E-state index is 0.324. The van der Waals surface area contributed by atoms with E-state index < -0.39 is 15.9 Å². The molecule has 0 unspecified atom stereocenters. The Morgan fingerprint density at radius 1 is 1.11 bits per heavy atom. The van der Waals surface area contributed by atoms with E-state index in [0.29, 0.717) is 17.2 Å². The van der Waals surface area contributed by atoms with Gasteiger partial charge in [-0.3, -0.25) is 9.10 Å². The Labute approximate surface area is 166 Å². The van der Waals surface area contributed by atoms with Gasteiger partial charge in [0, 0.05) is 5.56 Å². The second kappa shape index (κ2) is 8.97. The van der Waals surface area contributed by atoms with Crippen LogP contribution in [-0.2, 0) is 14.8 Å². The van der Waals surface area contributed by atoms with Gasteiger partial charge >= 0.3 is 0 Å². The number of methoxy groups -OCH3 is 2. The van der Waals surface area contributed by atoms with Crippen molar-refractivity contribution in [2.45, 2.75) is 19.9 Å². The molecular weight excluding hydrogens is 380 g/mol. The summed E-state index contributed by atoms with van der Waals surface area (Å²) in [5, 5.41) is 2.83. The van der Waals surface area contributed by atoms with Crippen LogP contribution in [0.3, 0.4) is 0 Å². The number of anilines is 1. The average Bonchev–Trinajstić information content (AvgIpc) is 2.65. The van der Waals surface area contributed by atoms with Crippen LogP contribution in [0.1, 0.15) is 24.1 Å². The Kier molecular flexibility index (Phi) is 6.90. The lowest BCUT2D eigenvalue weighted by Crippen LogP contribution is -2.41. The van der Waals surface area contributed by atoms with Gasteiger partial charge in [0.2, 0.25) is 15.9 Å². The highest BCUT2D eigenvalue weighted by Crippen LogP contribution is 2.31. The maximum absolute atomic E-state index is 12.6. The Hall–Kier alpha value is -2.74. The van der Waals surface area contributed by atoms with Crippen molar-refractivity contribution in [3.63, 3.8) is 0 Å². The van der Waals surface area contributed by atoms with Crippen LogP contribution in [0.4, 0.5) is 5.69 Å². The molecule has 0 saturated heterocycles. The fraction of sp³-hybridized carbons (Fsp3) is 0.350. The zero-order valence-electron chi connectivity index (χ0n) is 16.7. The summed E-state index contributed by atoms with van der Waals surface area (Å²) in [6, 6.07) is 12.2. The third kappa shape index (κ3) is 5.16. The number of ether oxygens (including phenoxy) is 2. The van der Waals surface area contributed by atoms with Gasteiger partial charge in [0.15, 0.2) is 0 Å². The quantitative estimate of drug-likeness (QED) is 0.729. The highest BCUT2D eigenvalue weighted by Gasteiger charge is 2.25. The van der Waals surface area contributed by atoms with E-state index in [4.69, 9.17) is 9.47 Å². The molecule has 1 amide bonds. The van der Waals surface area contributed by atoms with Crippen molar-refractivity contribution >= 4 is 21.6 Å². The van der Waals surface area contributed by atoms with Gasteiger partial charge in [-0.1, -0.05) is 24.3 Å². The van der Waals surface area contributed by atoms with Crippen molar-refractivity contribution in [3.8, 4) is 11.5 Å². The lowest BCUT2D eigenvalue weighted by Gasteiger charge is -2.25. The summed E-state index contributed by atoms with van der Waals surface area (Å²) in [5.41, 5.74) is 1.98. The first kappa shape index (κ1) is 21.6. The van der Waals surface area contributed by atoms with Gasteiger partial charge in [0.25, 0.3) is 0 Å². The molecule has 2 aromatic carbocycles. The lowest BCUT2D eigenvalue weighted by atomic mass is 10.1. The summed E-state index contributed by atoms with van der Waals surface area (Å²) in [6.07, 6.45) is 1.06. The van der Waals surface area contributed by atoms with Gasteiger partial charge in [-0.15, -0.1) is 0 Å². The van der Waals surface area contributed by atoms with Gasteiger partial charge in [0.05, 0.1) is 32.2 Å². The van der Waals surface area contributed by atoms with E-state index in [2.05, 4.69) is 5.32 Å². The number of para-hydroxylation sites is 1. The summed E-state index contributed by atoms with van der Waals surface area (Å²) < 4.78 is 36.4. The van der Waals surface area contributed by atoms with Crippen LogP contribution in [0, 0.1) is 6.92 Å². The highest BCUT2D eigenvalue weighted by molar-refractivity contribution is 7.92. The molecule has 2 aromatic rings. The van der Waals surface area contributed by atoms with Gasteiger partial charge < -0.3 is 14.8 Å². The van der Waals surface area contributed by atoms with Crippen molar-refractivity contribution in [1.29, 1.82) is 0 Å². The average molecular weight is 407 g/mol. The Bertz CT molecular complexity index is 943. The third-order valence-electron chi connectivity index (χ3n) is 4.27. The van der Waals surface area contributed by atoms with E-state index >= 15 is 0 Å². The minimum atomic E-state index is -3.71. The zero-order chi connectivity index (χ0) is 20.9. The topological polar surface area (TPSA) is 84.9 Å². The number of aryl methyl sites for hydroxylation is 1. The van der Waals surface area contributed by atoms with Crippen molar-refractivity contribution in [1.82, 2.24) is 5.32 Å². The molecule has 152 valence electrons. The second-order valence-corrected chi connectivity index (χ2v) is 8.38. The Morgan fingerprint density at radius 2 is 1.75 bits per heavy atom. The van der Waals surface area contributed by atoms with E-state index in [1.54, 1.807) is 25.3 Å². The number of benzene rings is 2. The molecule has 0 aliphatic heterocycles. The highest BCUT2D eigenvalue weighted by atomic mass is 32.2. The van der Waals surface area contributed by atoms with E-state index in [0.717, 1.165) is 21.7 Å². The van der Waals surface area contributed by atoms with Crippen molar-refractivity contribution in [2.75, 3.05) is 31.3 Å². The molecule has 1 atom stereocenters. The van der Waals surface area contributed by atoms with Crippen molar-refractivity contribution in [3.05, 3.63) is 53.6 Å². The number of carbonyl (C=O) groups is 1. The number of rotatable bonds is 8. The largest absolute Gasteiger partial charge is 0.496 e. The summed E-state index contributed by atoms with van der Waals surface area (Å²) in [5.74, 6) is 0.588. The van der Waals surface area contributed by atoms with Gasteiger partial charge in [0.1, 0.15) is 18.0 Å². The zero-order valence-corrected chi connectivity index (χ0v) is 17.5. The van der Waals surface area contributed by atoms with Gasteiger partial charge in [-0.05, 0) is 37.6 Å². The van der Waals surface area contributed by atoms with Crippen molar-refractivity contribution < 1.29 is 22.7 Å². The first-order valence-electron chi connectivity index (χ1n) is 8.72. The molecule has 1 N–H and O–H groups in total. The number of amides is 1. The van der Waals surface area contributed by atoms with Crippen LogP contribution in [0.5, 0.6) is 11.5 Å². The van der Waals surface area contributed by atoms with E-state index in [1.165, 1.54) is 7.11 Å². The van der Waals surface area contributed by atoms with Crippen LogP contribution in [0.2, 0.25) is 0 Å². The fourth-order valence-corrected chi connectivity index (χ4v) is 3.75. The number of hydrogen-bond acceptors (Lipinski definition) is 5. The minimum Gasteiger partial charge on any atom is -0.496 e. The molecule has 0 heterocycles. The van der Waals surface area contributed by atoms with Crippen LogP contribution in [0.25, 0.3) is 0 Å². The first-order valence-corrected chi connectivity index (χ1v) is 10.6. The molecule has 0 spiro atoms. The van der Waals surface area contributed by atoms with E-state index in [9.17, 15) is 13.2 Å². The fourth-order valence-electron chi connectivity index (χ4n) is 2.90. The van der Waals surface area contributed by atoms with Crippen LogP contribution in [-0.4, -0.2) is 41.3 Å². The molecular formula is C20H26N2O5S. The number of nitrogens with one attached hydrogen (secondary N) is 1. The smallest absolute Gasteiger partial charge is 0.241 e. The summed E-state index contributed by atoms with van der Waals surface area (Å²) in [4.78, 5) is 12.6. The van der Waals surface area contributed by atoms with Crippen LogP contribution in [0.15, 0.2) is 42.5 Å². The van der Waals surface area contributed by atoms with E-state index in [-0.39, 0.29) is 12.6 Å². The number of hydrogen-bond donors (Lipinski definition) is 1. The van der Waals surface area contributed by atoms with Gasteiger partial charge in [-0.25, -0.2) is 8.42 Å². The maximum atomic E-state index is 12.6. The number of nitrogens with zero attached hydrogens (tertiary/aromatic N) is 1. The summed E-state index contributed by atoms with van der Waals surface area (Å²) in [6.45, 7) is 3.29. The number of carbonyl (C=O) groups excluding carboxylic acids is 1. The van der Waals surface area contributed by atoms with Crippen molar-refractivity contribution in [2.24, 2.45) is 0 Å². The standard InChI is InChI=1S/C20H26N2O5S/c1-14-10-11-19(27-4)17(12-14)22(28(5,24)25)13-20(23)21-15(2)16-8-6-7-9-18(16)26-3/h6-12,15H,13H2,1-5H3,(H,21,23)/t15-/m0/s1. The molecule has 0 aromatic heterocycles. The third-order valence-corrected chi connectivity index (χ3v) is 5.40.